The molecule has 0 bridgehead atoms. The molecule has 0 aliphatic carbocycles. The number of hydrogen-bond donors (Lipinski definition) is 0. The third kappa shape index (κ3) is 4.53. The molecule has 4 heteroatoms. The smallest absolute Gasteiger partial charge is 0.138 e. The van der Waals surface area contributed by atoms with E-state index in [9.17, 15) is 0 Å². The van der Waals surface area contributed by atoms with Crippen LogP contribution in [0.1, 0.15) is 0 Å². The Hall–Kier alpha value is -7.56. The third-order valence-electron chi connectivity index (χ3n) is 11.3. The molecule has 0 unspecified atom stereocenters. The molecule has 0 aliphatic rings. The van der Waals surface area contributed by atoms with Gasteiger partial charge in [0.2, 0.25) is 0 Å². The average molecular weight is 717 g/mol. The quantitative estimate of drug-likeness (QED) is 0.178. The van der Waals surface area contributed by atoms with Crippen molar-refractivity contribution in [2.24, 2.45) is 0 Å². The van der Waals surface area contributed by atoms with Gasteiger partial charge in [-0.15, -0.1) is 0 Å². The molecular formula is C52H32N2O2. The van der Waals surface area contributed by atoms with Gasteiger partial charge in [-0.3, -0.25) is 0 Å². The lowest BCUT2D eigenvalue weighted by atomic mass is 9.91. The Bertz CT molecular complexity index is 3480. The molecule has 0 aliphatic heterocycles. The third-order valence-corrected chi connectivity index (χ3v) is 11.3. The molecular weight excluding hydrogens is 685 g/mol. The highest BCUT2D eigenvalue weighted by Gasteiger charge is 2.25. The molecule has 0 radical (unpaired) electrons. The van der Waals surface area contributed by atoms with E-state index in [4.69, 9.17) is 8.83 Å². The molecule has 262 valence electrons. The van der Waals surface area contributed by atoms with Crippen molar-refractivity contribution in [3.63, 3.8) is 0 Å². The molecule has 4 nitrogen and oxygen atoms in total. The summed E-state index contributed by atoms with van der Waals surface area (Å²) in [7, 11) is 0. The number of rotatable bonds is 5. The first-order valence-corrected chi connectivity index (χ1v) is 19.0. The second-order valence-electron chi connectivity index (χ2n) is 14.5. The highest BCUT2D eigenvalue weighted by atomic mass is 16.3. The monoisotopic (exact) mass is 716 g/mol. The van der Waals surface area contributed by atoms with Gasteiger partial charge in [-0.2, -0.15) is 0 Å². The van der Waals surface area contributed by atoms with Crippen LogP contribution < -0.4 is 4.90 Å². The van der Waals surface area contributed by atoms with Crippen LogP contribution in [0.15, 0.2) is 203 Å². The van der Waals surface area contributed by atoms with E-state index in [0.29, 0.717) is 0 Å². The maximum Gasteiger partial charge on any atom is 0.138 e. The second-order valence-corrected chi connectivity index (χ2v) is 14.5. The first kappa shape index (κ1) is 30.9. The van der Waals surface area contributed by atoms with Crippen LogP contribution in [-0.2, 0) is 0 Å². The van der Waals surface area contributed by atoms with E-state index in [1.54, 1.807) is 0 Å². The van der Waals surface area contributed by atoms with E-state index in [-0.39, 0.29) is 0 Å². The van der Waals surface area contributed by atoms with Crippen LogP contribution >= 0.6 is 0 Å². The van der Waals surface area contributed by atoms with E-state index in [1.165, 1.54) is 27.3 Å². The topological polar surface area (TPSA) is 34.5 Å². The van der Waals surface area contributed by atoms with Gasteiger partial charge in [0.15, 0.2) is 0 Å². The van der Waals surface area contributed by atoms with Crippen molar-refractivity contribution >= 4 is 93.5 Å². The largest absolute Gasteiger partial charge is 0.456 e. The van der Waals surface area contributed by atoms with Crippen molar-refractivity contribution < 1.29 is 8.83 Å². The van der Waals surface area contributed by atoms with Crippen molar-refractivity contribution in [2.75, 3.05) is 4.90 Å². The zero-order valence-corrected chi connectivity index (χ0v) is 30.2. The summed E-state index contributed by atoms with van der Waals surface area (Å²) in [4.78, 5) is 2.33. The van der Waals surface area contributed by atoms with Crippen molar-refractivity contribution in [2.45, 2.75) is 0 Å². The average Bonchev–Trinajstić information content (AvgIpc) is 3.92. The highest BCUT2D eigenvalue weighted by molar-refractivity contribution is 6.29. The van der Waals surface area contributed by atoms with Crippen molar-refractivity contribution in [1.29, 1.82) is 0 Å². The minimum absolute atomic E-state index is 0.860. The first-order valence-electron chi connectivity index (χ1n) is 19.0. The molecule has 12 aromatic rings. The molecule has 0 saturated carbocycles. The lowest BCUT2D eigenvalue weighted by Gasteiger charge is -2.25. The minimum Gasteiger partial charge on any atom is -0.456 e. The fourth-order valence-corrected chi connectivity index (χ4v) is 8.96. The molecule has 0 fully saturated rings. The Kier molecular flexibility index (Phi) is 6.60. The van der Waals surface area contributed by atoms with Gasteiger partial charge in [0.1, 0.15) is 22.3 Å². The van der Waals surface area contributed by atoms with E-state index >= 15 is 0 Å². The van der Waals surface area contributed by atoms with Crippen LogP contribution in [0.5, 0.6) is 0 Å². The molecule has 56 heavy (non-hydrogen) atoms. The zero-order chi connectivity index (χ0) is 36.7. The van der Waals surface area contributed by atoms with Crippen LogP contribution in [0.4, 0.5) is 17.1 Å². The number of para-hydroxylation sites is 4. The number of benzene rings is 9. The summed E-state index contributed by atoms with van der Waals surface area (Å²) < 4.78 is 15.5. The zero-order valence-electron chi connectivity index (χ0n) is 30.2. The summed E-state index contributed by atoms with van der Waals surface area (Å²) in [5, 5.41) is 9.20. The lowest BCUT2D eigenvalue weighted by Crippen LogP contribution is -2.09. The van der Waals surface area contributed by atoms with Gasteiger partial charge in [0.05, 0.1) is 11.0 Å². The summed E-state index contributed by atoms with van der Waals surface area (Å²) in [6, 6.07) is 69.0. The van der Waals surface area contributed by atoms with Crippen LogP contribution in [0.3, 0.4) is 0 Å². The molecule has 3 aromatic heterocycles. The Morgan fingerprint density at radius 3 is 1.82 bits per heavy atom. The molecule has 0 atom stereocenters. The number of hydrogen-bond acceptors (Lipinski definition) is 3. The van der Waals surface area contributed by atoms with Crippen LogP contribution in [0.25, 0.3) is 93.3 Å². The fourth-order valence-electron chi connectivity index (χ4n) is 8.96. The lowest BCUT2D eigenvalue weighted by molar-refractivity contribution is 0.668. The Labute approximate surface area is 321 Å². The van der Waals surface area contributed by atoms with E-state index in [2.05, 4.69) is 191 Å². The summed E-state index contributed by atoms with van der Waals surface area (Å²) in [6.07, 6.45) is 0. The van der Waals surface area contributed by atoms with Crippen LogP contribution in [0, 0.1) is 0 Å². The molecule has 0 spiro atoms. The van der Waals surface area contributed by atoms with Crippen molar-refractivity contribution in [3.8, 4) is 16.8 Å². The highest BCUT2D eigenvalue weighted by Crippen LogP contribution is 2.49. The standard InChI is InChI=1S/C52H32N2O2/c1-3-16-34(17-4-1)53(37-26-28-40-39-21-9-11-24-46(39)55-48(40)31-37)36-27-29-44-43(30-36)50-45(54(44)35-18-5-2-6-19-35)32-49-51(42-22-10-12-25-47(42)56-49)52(50)41-23-13-15-33-14-7-8-20-38(33)41/h1-32H. The number of aromatic nitrogens is 1. The molecule has 0 saturated heterocycles. The molecule has 0 N–H and O–H groups in total. The maximum absolute atomic E-state index is 6.73. The van der Waals surface area contributed by atoms with Crippen molar-refractivity contribution in [3.05, 3.63) is 194 Å². The van der Waals surface area contributed by atoms with Crippen LogP contribution in [0.2, 0.25) is 0 Å². The van der Waals surface area contributed by atoms with E-state index < -0.39 is 0 Å². The normalized spacial score (nSPS) is 11.9. The van der Waals surface area contributed by atoms with Gasteiger partial charge < -0.3 is 18.3 Å². The molecule has 0 amide bonds. The Balaban J connectivity index is 1.22. The van der Waals surface area contributed by atoms with Gasteiger partial charge in [-0.1, -0.05) is 115 Å². The molecule has 12 rings (SSSR count). The Morgan fingerprint density at radius 2 is 0.982 bits per heavy atom. The number of nitrogens with zero attached hydrogens (tertiary/aromatic N) is 2. The number of anilines is 3. The number of furan rings is 2. The SMILES string of the molecule is c1ccc(N(c2ccc3c(c2)oc2ccccc23)c2ccc3c(c2)c2c(-c4cccc5ccccc45)c4c(cc2n3-c2ccccc2)oc2ccccc24)cc1. The Morgan fingerprint density at radius 1 is 0.357 bits per heavy atom. The summed E-state index contributed by atoms with van der Waals surface area (Å²) in [5.74, 6) is 0. The fraction of sp³-hybridized carbons (Fsp3) is 0. The van der Waals surface area contributed by atoms with Gasteiger partial charge in [-0.05, 0) is 83.1 Å². The number of fused-ring (bicyclic) bond motifs is 10. The first-order chi connectivity index (χ1) is 27.8. The predicted molar refractivity (Wildman–Crippen MR) is 233 cm³/mol. The molecule has 3 heterocycles. The van der Waals surface area contributed by atoms with Gasteiger partial charge in [0, 0.05) is 72.8 Å². The van der Waals surface area contributed by atoms with Gasteiger partial charge >= 0.3 is 0 Å². The van der Waals surface area contributed by atoms with E-state index in [1.807, 2.05) is 12.1 Å². The molecule has 9 aromatic carbocycles. The summed E-state index contributed by atoms with van der Waals surface area (Å²) >= 11 is 0. The van der Waals surface area contributed by atoms with Crippen LogP contribution in [-0.4, -0.2) is 4.57 Å². The van der Waals surface area contributed by atoms with Gasteiger partial charge in [0.25, 0.3) is 0 Å². The van der Waals surface area contributed by atoms with Gasteiger partial charge in [-0.25, -0.2) is 0 Å². The second kappa shape index (κ2) is 12.0. The predicted octanol–water partition coefficient (Wildman–Crippen LogP) is 14.9. The minimum atomic E-state index is 0.860. The van der Waals surface area contributed by atoms with Crippen molar-refractivity contribution in [1.82, 2.24) is 4.57 Å². The summed E-state index contributed by atoms with van der Waals surface area (Å²) in [6.45, 7) is 0. The maximum atomic E-state index is 6.73. The van der Waals surface area contributed by atoms with E-state index in [0.717, 1.165) is 83.0 Å². The summed E-state index contributed by atoms with van der Waals surface area (Å²) in [5.41, 5.74) is 12.3.